The van der Waals surface area contributed by atoms with Crippen molar-refractivity contribution in [3.05, 3.63) is 36.2 Å². The number of hydrogen-bond acceptors (Lipinski definition) is 1. The molecule has 0 heterocycles. The number of benzene rings is 1. The molecule has 0 unspecified atom stereocenters. The minimum absolute atomic E-state index is 0.260. The molecular weight excluding hydrogens is 155 g/mol. The van der Waals surface area contributed by atoms with Crippen molar-refractivity contribution in [3.63, 3.8) is 0 Å². The molecule has 0 aliphatic carbocycles. The van der Waals surface area contributed by atoms with E-state index < -0.39 is 0 Å². The maximum Gasteiger partial charge on any atom is 0.165 e. The summed E-state index contributed by atoms with van der Waals surface area (Å²) in [5.41, 5.74) is 1.79. The van der Waals surface area contributed by atoms with Crippen LogP contribution in [0.3, 0.4) is 0 Å². The highest BCUT2D eigenvalue weighted by Crippen LogP contribution is 2.21. The molecule has 0 bridgehead atoms. The Morgan fingerprint density at radius 2 is 2.17 bits per heavy atom. The molecule has 2 heteroatoms. The van der Waals surface area contributed by atoms with Crippen LogP contribution in [0.25, 0.3) is 5.57 Å². The van der Waals surface area contributed by atoms with E-state index in [1.54, 1.807) is 12.1 Å². The van der Waals surface area contributed by atoms with Gasteiger partial charge in [0.15, 0.2) is 11.6 Å². The van der Waals surface area contributed by atoms with E-state index in [2.05, 4.69) is 6.58 Å². The molecular formula is C10H11FO. The third kappa shape index (κ3) is 1.64. The van der Waals surface area contributed by atoms with Gasteiger partial charge in [0.2, 0.25) is 0 Å². The third-order valence-electron chi connectivity index (χ3n) is 1.64. The Balaban J connectivity index is 3.13. The predicted molar refractivity (Wildman–Crippen MR) is 47.7 cm³/mol. The average Bonchev–Trinajstić information content (AvgIpc) is 2.05. The number of halogens is 1. The van der Waals surface area contributed by atoms with E-state index in [0.29, 0.717) is 0 Å². The Morgan fingerprint density at radius 3 is 2.67 bits per heavy atom. The van der Waals surface area contributed by atoms with Gasteiger partial charge in [0.1, 0.15) is 0 Å². The van der Waals surface area contributed by atoms with Gasteiger partial charge in [0.25, 0.3) is 0 Å². The molecule has 0 aromatic heterocycles. The average molecular weight is 166 g/mol. The van der Waals surface area contributed by atoms with E-state index in [4.69, 9.17) is 4.74 Å². The van der Waals surface area contributed by atoms with E-state index >= 15 is 0 Å². The Hall–Kier alpha value is -1.31. The molecule has 64 valence electrons. The van der Waals surface area contributed by atoms with Gasteiger partial charge in [-0.1, -0.05) is 18.2 Å². The van der Waals surface area contributed by atoms with Gasteiger partial charge in [-0.2, -0.15) is 0 Å². The summed E-state index contributed by atoms with van der Waals surface area (Å²) in [6, 6.07) is 4.70. The van der Waals surface area contributed by atoms with E-state index in [-0.39, 0.29) is 11.6 Å². The van der Waals surface area contributed by atoms with Crippen molar-refractivity contribution in [2.45, 2.75) is 6.92 Å². The van der Waals surface area contributed by atoms with Crippen LogP contribution >= 0.6 is 0 Å². The summed E-state index contributed by atoms with van der Waals surface area (Å²) in [5.74, 6) is -0.0852. The molecule has 1 aromatic rings. The van der Waals surface area contributed by atoms with Crippen molar-refractivity contribution in [3.8, 4) is 5.75 Å². The van der Waals surface area contributed by atoms with Crippen molar-refractivity contribution in [2.24, 2.45) is 0 Å². The number of rotatable bonds is 2. The van der Waals surface area contributed by atoms with E-state index in [1.807, 2.05) is 6.92 Å². The smallest absolute Gasteiger partial charge is 0.165 e. The minimum Gasteiger partial charge on any atom is -0.494 e. The molecule has 0 N–H and O–H groups in total. The van der Waals surface area contributed by atoms with Crippen LogP contribution in [0.2, 0.25) is 0 Å². The second-order valence-electron chi connectivity index (χ2n) is 2.63. The first-order valence-electron chi connectivity index (χ1n) is 3.64. The number of allylic oxidation sites excluding steroid dienone is 1. The van der Waals surface area contributed by atoms with Crippen LogP contribution in [0.15, 0.2) is 24.8 Å². The second kappa shape index (κ2) is 3.39. The van der Waals surface area contributed by atoms with Crippen LogP contribution in [0.5, 0.6) is 5.75 Å². The maximum absolute atomic E-state index is 12.9. The van der Waals surface area contributed by atoms with Crippen LogP contribution in [-0.2, 0) is 0 Å². The zero-order chi connectivity index (χ0) is 9.14. The quantitative estimate of drug-likeness (QED) is 0.656. The van der Waals surface area contributed by atoms with Gasteiger partial charge in [0, 0.05) is 0 Å². The summed E-state index contributed by atoms with van der Waals surface area (Å²) in [4.78, 5) is 0. The molecule has 0 amide bonds. The second-order valence-corrected chi connectivity index (χ2v) is 2.63. The van der Waals surface area contributed by atoms with E-state index in [0.717, 1.165) is 11.1 Å². The lowest BCUT2D eigenvalue weighted by Gasteiger charge is -2.04. The topological polar surface area (TPSA) is 9.23 Å². The van der Waals surface area contributed by atoms with Gasteiger partial charge in [-0.15, -0.1) is 0 Å². The summed E-state index contributed by atoms with van der Waals surface area (Å²) >= 11 is 0. The van der Waals surface area contributed by atoms with Gasteiger partial charge < -0.3 is 4.74 Å². The minimum atomic E-state index is -0.345. The van der Waals surface area contributed by atoms with Crippen molar-refractivity contribution in [1.82, 2.24) is 0 Å². The zero-order valence-electron chi connectivity index (χ0n) is 7.23. The summed E-state index contributed by atoms with van der Waals surface area (Å²) in [7, 11) is 1.45. The Bertz CT molecular complexity index is 305. The lowest BCUT2D eigenvalue weighted by Crippen LogP contribution is -1.89. The molecule has 1 nitrogen and oxygen atoms in total. The molecule has 0 radical (unpaired) electrons. The molecule has 1 aromatic carbocycles. The van der Waals surface area contributed by atoms with Gasteiger partial charge in [-0.05, 0) is 24.6 Å². The Kier molecular flexibility index (Phi) is 2.48. The van der Waals surface area contributed by atoms with Crippen LogP contribution in [-0.4, -0.2) is 7.11 Å². The summed E-state index contributed by atoms with van der Waals surface area (Å²) in [6.45, 7) is 5.62. The molecule has 0 spiro atoms. The standard InChI is InChI=1S/C10H11FO/c1-7(2)8-4-5-9(11)10(6-8)12-3/h4-6H,1H2,2-3H3. The molecule has 0 saturated carbocycles. The maximum atomic E-state index is 12.9. The lowest BCUT2D eigenvalue weighted by atomic mass is 10.1. The van der Waals surface area contributed by atoms with Gasteiger partial charge in [-0.3, -0.25) is 0 Å². The number of ether oxygens (including phenoxy) is 1. The first-order valence-corrected chi connectivity index (χ1v) is 3.64. The van der Waals surface area contributed by atoms with Gasteiger partial charge >= 0.3 is 0 Å². The first-order chi connectivity index (χ1) is 5.65. The Labute approximate surface area is 71.5 Å². The van der Waals surface area contributed by atoms with Crippen LogP contribution < -0.4 is 4.74 Å². The fourth-order valence-corrected chi connectivity index (χ4v) is 0.925. The van der Waals surface area contributed by atoms with Crippen molar-refractivity contribution in [1.29, 1.82) is 0 Å². The molecule has 0 saturated heterocycles. The number of hydrogen-bond donors (Lipinski definition) is 0. The van der Waals surface area contributed by atoms with E-state index in [9.17, 15) is 4.39 Å². The normalized spacial score (nSPS) is 9.58. The highest BCUT2D eigenvalue weighted by Gasteiger charge is 2.02. The monoisotopic (exact) mass is 166 g/mol. The molecule has 0 aliphatic heterocycles. The fourth-order valence-electron chi connectivity index (χ4n) is 0.925. The van der Waals surface area contributed by atoms with Crippen LogP contribution in [0, 0.1) is 5.82 Å². The highest BCUT2D eigenvalue weighted by molar-refractivity contribution is 5.62. The third-order valence-corrected chi connectivity index (χ3v) is 1.64. The van der Waals surface area contributed by atoms with Crippen LogP contribution in [0.1, 0.15) is 12.5 Å². The zero-order valence-corrected chi connectivity index (χ0v) is 7.23. The van der Waals surface area contributed by atoms with Crippen LogP contribution in [0.4, 0.5) is 4.39 Å². The predicted octanol–water partition coefficient (Wildman–Crippen LogP) is 2.87. The van der Waals surface area contributed by atoms with Gasteiger partial charge in [-0.25, -0.2) is 4.39 Å². The Morgan fingerprint density at radius 1 is 1.50 bits per heavy atom. The SMILES string of the molecule is C=C(C)c1ccc(F)c(OC)c1. The van der Waals surface area contributed by atoms with Crippen molar-refractivity contribution < 1.29 is 9.13 Å². The summed E-state index contributed by atoms with van der Waals surface area (Å²) < 4.78 is 17.7. The molecule has 1 rings (SSSR count). The molecule has 0 atom stereocenters. The highest BCUT2D eigenvalue weighted by atomic mass is 19.1. The molecule has 0 aliphatic rings. The summed E-state index contributed by atoms with van der Waals surface area (Å²) in [6.07, 6.45) is 0. The molecule has 12 heavy (non-hydrogen) atoms. The van der Waals surface area contributed by atoms with Crippen molar-refractivity contribution in [2.75, 3.05) is 7.11 Å². The first kappa shape index (κ1) is 8.78. The molecule has 0 fully saturated rings. The lowest BCUT2D eigenvalue weighted by molar-refractivity contribution is 0.386. The largest absolute Gasteiger partial charge is 0.494 e. The van der Waals surface area contributed by atoms with Crippen molar-refractivity contribution >= 4 is 5.57 Å². The summed E-state index contributed by atoms with van der Waals surface area (Å²) in [5, 5.41) is 0. The number of methoxy groups -OCH3 is 1. The van der Waals surface area contributed by atoms with Gasteiger partial charge in [0.05, 0.1) is 7.11 Å². The fraction of sp³-hybridized carbons (Fsp3) is 0.200. The van der Waals surface area contributed by atoms with E-state index in [1.165, 1.54) is 13.2 Å².